The fraction of sp³-hybridized carbons (Fsp3) is 0.882. The molecule has 2 aliphatic rings. The second-order valence-corrected chi connectivity index (χ2v) is 7.81. The summed E-state index contributed by atoms with van der Waals surface area (Å²) < 4.78 is 1.82. The Bertz CT molecular complexity index is 503. The first-order valence-corrected chi connectivity index (χ1v) is 8.73. The number of fused-ring (bicyclic) bond motifs is 2. The van der Waals surface area contributed by atoms with Gasteiger partial charge in [0.1, 0.15) is 5.69 Å². The van der Waals surface area contributed by atoms with Gasteiger partial charge in [0.05, 0.1) is 12.8 Å². The van der Waals surface area contributed by atoms with E-state index < -0.39 is 0 Å². The van der Waals surface area contributed by atoms with Crippen LogP contribution < -0.4 is 5.32 Å². The van der Waals surface area contributed by atoms with Gasteiger partial charge in [-0.2, -0.15) is 0 Å². The lowest BCUT2D eigenvalue weighted by molar-refractivity contribution is 0.0822. The zero-order valence-corrected chi connectivity index (χ0v) is 14.2. The van der Waals surface area contributed by atoms with Crippen molar-refractivity contribution in [3.63, 3.8) is 0 Å². The summed E-state index contributed by atoms with van der Waals surface area (Å²) in [6.45, 7) is 9.19. The highest BCUT2D eigenvalue weighted by atomic mass is 16.3. The van der Waals surface area contributed by atoms with Crippen molar-refractivity contribution in [3.05, 3.63) is 11.9 Å². The van der Waals surface area contributed by atoms with Crippen LogP contribution >= 0.6 is 0 Å². The van der Waals surface area contributed by atoms with E-state index in [1.807, 2.05) is 10.9 Å². The Morgan fingerprint density at radius 3 is 2.68 bits per heavy atom. The number of aryl methyl sites for hydroxylation is 1. The molecule has 5 nitrogen and oxygen atoms in total. The standard InChI is InChI=1S/C17H30N4O/c1-13(17-7-5-14(6-8-17)16(17,2)3)18-9-4-10-21-11-15(12-22)19-20-21/h11,13-14,18,22H,4-10,12H2,1-3H3. The Morgan fingerprint density at radius 2 is 2.14 bits per heavy atom. The average Bonchev–Trinajstić information content (AvgIpc) is 3.15. The summed E-state index contributed by atoms with van der Waals surface area (Å²) in [7, 11) is 0. The van der Waals surface area contributed by atoms with Gasteiger partial charge in [-0.25, -0.2) is 0 Å². The zero-order chi connectivity index (χ0) is 15.8. The number of nitrogens with zero attached hydrogens (tertiary/aromatic N) is 3. The topological polar surface area (TPSA) is 63.0 Å². The molecule has 1 aromatic heterocycles. The molecule has 0 radical (unpaired) electrons. The van der Waals surface area contributed by atoms with Crippen LogP contribution in [-0.4, -0.2) is 32.7 Å². The molecule has 1 heterocycles. The molecule has 0 amide bonds. The van der Waals surface area contributed by atoms with Crippen molar-refractivity contribution >= 4 is 0 Å². The van der Waals surface area contributed by atoms with Crippen molar-refractivity contribution in [1.82, 2.24) is 20.3 Å². The van der Waals surface area contributed by atoms with Crippen LogP contribution in [0.4, 0.5) is 0 Å². The van der Waals surface area contributed by atoms with Gasteiger partial charge < -0.3 is 10.4 Å². The maximum absolute atomic E-state index is 9.00. The van der Waals surface area contributed by atoms with E-state index in [4.69, 9.17) is 5.11 Å². The average molecular weight is 306 g/mol. The van der Waals surface area contributed by atoms with Crippen molar-refractivity contribution in [2.24, 2.45) is 16.7 Å². The smallest absolute Gasteiger partial charge is 0.108 e. The van der Waals surface area contributed by atoms with Gasteiger partial charge in [0, 0.05) is 12.6 Å². The van der Waals surface area contributed by atoms with Gasteiger partial charge in [-0.05, 0) is 62.3 Å². The number of hydrogen-bond donors (Lipinski definition) is 2. The lowest BCUT2D eigenvalue weighted by Gasteiger charge is -2.43. The molecule has 2 N–H and O–H groups in total. The zero-order valence-electron chi connectivity index (χ0n) is 14.2. The Balaban J connectivity index is 1.47. The van der Waals surface area contributed by atoms with Crippen LogP contribution in [0.15, 0.2) is 6.20 Å². The molecule has 0 spiro atoms. The lowest BCUT2D eigenvalue weighted by Crippen LogP contribution is -2.48. The van der Waals surface area contributed by atoms with Crippen LogP contribution in [0, 0.1) is 16.7 Å². The Labute approximate surface area is 133 Å². The number of nitrogens with one attached hydrogen (secondary N) is 1. The lowest BCUT2D eigenvalue weighted by atomic mass is 9.65. The highest BCUT2D eigenvalue weighted by Crippen LogP contribution is 2.67. The van der Waals surface area contributed by atoms with Gasteiger partial charge in [0.2, 0.25) is 0 Å². The third-order valence-electron chi connectivity index (χ3n) is 6.77. The van der Waals surface area contributed by atoms with Gasteiger partial charge in [0.25, 0.3) is 0 Å². The van der Waals surface area contributed by atoms with Gasteiger partial charge in [-0.3, -0.25) is 4.68 Å². The first-order valence-electron chi connectivity index (χ1n) is 8.73. The normalized spacial score (nSPS) is 30.8. The molecule has 2 saturated carbocycles. The monoisotopic (exact) mass is 306 g/mol. The molecule has 0 aliphatic heterocycles. The molecule has 0 aromatic carbocycles. The van der Waals surface area contributed by atoms with Crippen molar-refractivity contribution in [1.29, 1.82) is 0 Å². The summed E-state index contributed by atoms with van der Waals surface area (Å²) in [4.78, 5) is 0. The van der Waals surface area contributed by atoms with E-state index in [0.717, 1.165) is 25.4 Å². The number of aliphatic hydroxyl groups excluding tert-OH is 1. The van der Waals surface area contributed by atoms with Crippen molar-refractivity contribution < 1.29 is 5.11 Å². The van der Waals surface area contributed by atoms with Crippen LogP contribution in [0.5, 0.6) is 0 Å². The molecule has 1 atom stereocenters. The van der Waals surface area contributed by atoms with E-state index in [1.165, 1.54) is 25.7 Å². The fourth-order valence-corrected chi connectivity index (χ4v) is 5.17. The molecular weight excluding hydrogens is 276 g/mol. The second-order valence-electron chi connectivity index (χ2n) is 7.81. The van der Waals surface area contributed by atoms with Gasteiger partial charge in [-0.1, -0.05) is 19.1 Å². The molecule has 22 heavy (non-hydrogen) atoms. The number of aliphatic hydroxyl groups is 1. The molecule has 5 heteroatoms. The minimum absolute atomic E-state index is 0.0337. The summed E-state index contributed by atoms with van der Waals surface area (Å²) in [6, 6.07) is 0.582. The first-order chi connectivity index (χ1) is 10.5. The summed E-state index contributed by atoms with van der Waals surface area (Å²) in [5.74, 6) is 0.934. The molecule has 3 rings (SSSR count). The van der Waals surface area contributed by atoms with Crippen LogP contribution in [0.1, 0.15) is 58.6 Å². The Kier molecular flexibility index (Phi) is 4.29. The summed E-state index contributed by atoms with van der Waals surface area (Å²) in [5, 5.41) is 20.7. The van der Waals surface area contributed by atoms with Crippen LogP contribution in [0.25, 0.3) is 0 Å². The molecule has 2 bridgehead atoms. The van der Waals surface area contributed by atoms with Crippen molar-refractivity contribution in [2.45, 2.75) is 72.1 Å². The molecule has 124 valence electrons. The highest BCUT2D eigenvalue weighted by molar-refractivity contribution is 5.11. The van der Waals surface area contributed by atoms with E-state index in [2.05, 4.69) is 36.4 Å². The number of aromatic nitrogens is 3. The second kappa shape index (κ2) is 5.93. The molecule has 1 unspecified atom stereocenters. The summed E-state index contributed by atoms with van der Waals surface area (Å²) >= 11 is 0. The van der Waals surface area contributed by atoms with Crippen LogP contribution in [0.2, 0.25) is 0 Å². The van der Waals surface area contributed by atoms with Crippen LogP contribution in [0.3, 0.4) is 0 Å². The Hall–Kier alpha value is -0.940. The van der Waals surface area contributed by atoms with Crippen molar-refractivity contribution in [2.75, 3.05) is 6.54 Å². The predicted octanol–water partition coefficient (Wildman–Crippen LogP) is 2.35. The fourth-order valence-electron chi connectivity index (χ4n) is 5.17. The molecule has 1 aromatic rings. The molecule has 2 aliphatic carbocycles. The third-order valence-corrected chi connectivity index (χ3v) is 6.77. The maximum Gasteiger partial charge on any atom is 0.108 e. The molecule has 2 fully saturated rings. The number of rotatable bonds is 7. The quantitative estimate of drug-likeness (QED) is 0.759. The SMILES string of the molecule is CC(NCCCn1cc(CO)nn1)C12CCC(CC1)C2(C)C. The minimum atomic E-state index is -0.0337. The van der Waals surface area contributed by atoms with E-state index in [-0.39, 0.29) is 6.61 Å². The Morgan fingerprint density at radius 1 is 1.41 bits per heavy atom. The molecular formula is C17H30N4O. The third kappa shape index (κ3) is 2.48. The molecule has 0 saturated heterocycles. The van der Waals surface area contributed by atoms with Gasteiger partial charge in [0.15, 0.2) is 0 Å². The van der Waals surface area contributed by atoms with Gasteiger partial charge in [-0.15, -0.1) is 5.10 Å². The van der Waals surface area contributed by atoms with E-state index in [1.54, 1.807) is 0 Å². The predicted molar refractivity (Wildman–Crippen MR) is 86.2 cm³/mol. The van der Waals surface area contributed by atoms with Crippen molar-refractivity contribution in [3.8, 4) is 0 Å². The number of hydrogen-bond acceptors (Lipinski definition) is 4. The van der Waals surface area contributed by atoms with Gasteiger partial charge >= 0.3 is 0 Å². The van der Waals surface area contributed by atoms with Crippen LogP contribution in [-0.2, 0) is 13.2 Å². The maximum atomic E-state index is 9.00. The summed E-state index contributed by atoms with van der Waals surface area (Å²) in [5.41, 5.74) is 1.63. The van der Waals surface area contributed by atoms with E-state index in [0.29, 0.717) is 22.6 Å². The minimum Gasteiger partial charge on any atom is -0.390 e. The summed E-state index contributed by atoms with van der Waals surface area (Å²) in [6.07, 6.45) is 8.48. The largest absolute Gasteiger partial charge is 0.390 e. The first kappa shape index (κ1) is 15.9. The van der Waals surface area contributed by atoms with E-state index >= 15 is 0 Å². The van der Waals surface area contributed by atoms with E-state index in [9.17, 15) is 0 Å². The highest BCUT2D eigenvalue weighted by Gasteiger charge is 2.60.